The molecule has 162 valence electrons. The summed E-state index contributed by atoms with van der Waals surface area (Å²) in [5, 5.41) is 11.3. The van der Waals surface area contributed by atoms with Gasteiger partial charge in [0, 0.05) is 22.6 Å². The Labute approximate surface area is 188 Å². The first-order valence-corrected chi connectivity index (χ1v) is 10.8. The van der Waals surface area contributed by atoms with Gasteiger partial charge in [-0.25, -0.2) is 4.98 Å². The number of aromatic nitrogens is 2. The smallest absolute Gasteiger partial charge is 0.273 e. The zero-order valence-electron chi connectivity index (χ0n) is 17.2. The van der Waals surface area contributed by atoms with E-state index in [4.69, 9.17) is 9.26 Å². The standard InChI is InChI=1S/C23H20N4O4S/c1-2-30-17-10-8-15(9-11-17)19-14-32-23(25-19)26-21(28)13-24-22(29)18-12-20(31-27-18)16-6-4-3-5-7-16/h3-12,14H,2,13H2,1H3,(H,24,29)(H,25,26,28). The van der Waals surface area contributed by atoms with Gasteiger partial charge in [-0.1, -0.05) is 35.5 Å². The van der Waals surface area contributed by atoms with Gasteiger partial charge < -0.3 is 19.9 Å². The molecule has 2 aromatic heterocycles. The Balaban J connectivity index is 1.30. The van der Waals surface area contributed by atoms with E-state index >= 15 is 0 Å². The Bertz CT molecular complexity index is 1200. The van der Waals surface area contributed by atoms with Crippen molar-refractivity contribution in [1.29, 1.82) is 0 Å². The molecule has 2 N–H and O–H groups in total. The number of thiazole rings is 1. The molecule has 0 saturated heterocycles. The molecule has 0 bridgehead atoms. The first-order chi connectivity index (χ1) is 15.6. The number of carbonyl (C=O) groups is 2. The molecule has 32 heavy (non-hydrogen) atoms. The summed E-state index contributed by atoms with van der Waals surface area (Å²) >= 11 is 1.30. The summed E-state index contributed by atoms with van der Waals surface area (Å²) < 4.78 is 10.6. The van der Waals surface area contributed by atoms with Gasteiger partial charge in [-0.15, -0.1) is 11.3 Å². The van der Waals surface area contributed by atoms with Crippen molar-refractivity contribution in [2.24, 2.45) is 0 Å². The predicted molar refractivity (Wildman–Crippen MR) is 122 cm³/mol. The lowest BCUT2D eigenvalue weighted by atomic mass is 10.1. The number of nitrogens with zero attached hydrogens (tertiary/aromatic N) is 2. The molecule has 0 unspecified atom stereocenters. The monoisotopic (exact) mass is 448 g/mol. The Morgan fingerprint density at radius 3 is 2.59 bits per heavy atom. The number of nitrogens with one attached hydrogen (secondary N) is 2. The Morgan fingerprint density at radius 1 is 1.06 bits per heavy atom. The van der Waals surface area contributed by atoms with Crippen LogP contribution in [0.2, 0.25) is 0 Å². The quantitative estimate of drug-likeness (QED) is 0.418. The third-order valence-corrected chi connectivity index (χ3v) is 5.18. The van der Waals surface area contributed by atoms with Gasteiger partial charge >= 0.3 is 0 Å². The van der Waals surface area contributed by atoms with Gasteiger partial charge in [0.2, 0.25) is 5.91 Å². The highest BCUT2D eigenvalue weighted by atomic mass is 32.1. The van der Waals surface area contributed by atoms with Crippen molar-refractivity contribution < 1.29 is 18.8 Å². The van der Waals surface area contributed by atoms with Crippen molar-refractivity contribution >= 4 is 28.3 Å². The highest BCUT2D eigenvalue weighted by Crippen LogP contribution is 2.26. The molecule has 0 spiro atoms. The highest BCUT2D eigenvalue weighted by Gasteiger charge is 2.15. The van der Waals surface area contributed by atoms with Gasteiger partial charge in [-0.3, -0.25) is 9.59 Å². The van der Waals surface area contributed by atoms with Crippen molar-refractivity contribution in [3.63, 3.8) is 0 Å². The van der Waals surface area contributed by atoms with Crippen LogP contribution in [0.1, 0.15) is 17.4 Å². The minimum absolute atomic E-state index is 0.101. The molecule has 2 aromatic carbocycles. The van der Waals surface area contributed by atoms with E-state index in [2.05, 4.69) is 20.8 Å². The van der Waals surface area contributed by atoms with E-state index in [0.717, 1.165) is 22.6 Å². The second-order valence-corrected chi connectivity index (χ2v) is 7.53. The molecule has 0 aliphatic rings. The van der Waals surface area contributed by atoms with Gasteiger partial charge in [-0.05, 0) is 31.2 Å². The molecule has 0 saturated carbocycles. The zero-order valence-corrected chi connectivity index (χ0v) is 18.0. The maximum Gasteiger partial charge on any atom is 0.273 e. The summed E-state index contributed by atoms with van der Waals surface area (Å²) in [5.41, 5.74) is 2.57. The van der Waals surface area contributed by atoms with Crippen LogP contribution in [0, 0.1) is 0 Å². The first kappa shape index (κ1) is 21.3. The number of amides is 2. The number of anilines is 1. The minimum Gasteiger partial charge on any atom is -0.494 e. The number of benzene rings is 2. The van der Waals surface area contributed by atoms with Crippen LogP contribution in [-0.2, 0) is 4.79 Å². The number of rotatable bonds is 8. The van der Waals surface area contributed by atoms with Crippen LogP contribution in [0.3, 0.4) is 0 Å². The van der Waals surface area contributed by atoms with E-state index in [0.29, 0.717) is 17.5 Å². The molecule has 4 rings (SSSR count). The molecular weight excluding hydrogens is 428 g/mol. The van der Waals surface area contributed by atoms with Crippen LogP contribution >= 0.6 is 11.3 Å². The lowest BCUT2D eigenvalue weighted by Crippen LogP contribution is -2.33. The number of hydrogen-bond acceptors (Lipinski definition) is 7. The fourth-order valence-corrected chi connectivity index (χ4v) is 3.62. The largest absolute Gasteiger partial charge is 0.494 e. The molecule has 0 aliphatic carbocycles. The van der Waals surface area contributed by atoms with Crippen LogP contribution in [0.25, 0.3) is 22.6 Å². The van der Waals surface area contributed by atoms with Crippen LogP contribution in [0.15, 0.2) is 70.6 Å². The second kappa shape index (κ2) is 9.88. The van der Waals surface area contributed by atoms with E-state index in [1.165, 1.54) is 17.4 Å². The summed E-state index contributed by atoms with van der Waals surface area (Å²) in [5.74, 6) is 0.376. The molecule has 2 amide bonds. The number of hydrogen-bond donors (Lipinski definition) is 2. The molecule has 4 aromatic rings. The van der Waals surface area contributed by atoms with Crippen LogP contribution in [0.5, 0.6) is 5.75 Å². The van der Waals surface area contributed by atoms with E-state index in [-0.39, 0.29) is 12.2 Å². The minimum atomic E-state index is -0.500. The maximum atomic E-state index is 12.3. The maximum absolute atomic E-state index is 12.3. The summed E-state index contributed by atoms with van der Waals surface area (Å²) in [4.78, 5) is 28.9. The molecule has 0 atom stereocenters. The van der Waals surface area contributed by atoms with Crippen LogP contribution in [-0.4, -0.2) is 35.1 Å². The van der Waals surface area contributed by atoms with E-state index in [1.54, 1.807) is 0 Å². The van der Waals surface area contributed by atoms with Crippen molar-refractivity contribution in [1.82, 2.24) is 15.5 Å². The second-order valence-electron chi connectivity index (χ2n) is 6.67. The molecule has 8 nitrogen and oxygen atoms in total. The van der Waals surface area contributed by atoms with Crippen molar-refractivity contribution in [3.05, 3.63) is 71.7 Å². The first-order valence-electron chi connectivity index (χ1n) is 9.91. The summed E-state index contributed by atoms with van der Waals surface area (Å²) in [7, 11) is 0. The third kappa shape index (κ3) is 5.19. The van der Waals surface area contributed by atoms with Gasteiger partial charge in [0.05, 0.1) is 18.8 Å². The average molecular weight is 449 g/mol. The topological polar surface area (TPSA) is 106 Å². The molecule has 2 heterocycles. The third-order valence-electron chi connectivity index (χ3n) is 4.42. The lowest BCUT2D eigenvalue weighted by molar-refractivity contribution is -0.115. The summed E-state index contributed by atoms with van der Waals surface area (Å²) in [6.07, 6.45) is 0. The molecular formula is C23H20N4O4S. The Hall–Kier alpha value is -3.98. The molecule has 0 aliphatic heterocycles. The lowest BCUT2D eigenvalue weighted by Gasteiger charge is -2.04. The predicted octanol–water partition coefficient (Wildman–Crippen LogP) is 4.23. The summed E-state index contributed by atoms with van der Waals surface area (Å²) in [6.45, 7) is 2.32. The van der Waals surface area contributed by atoms with Crippen molar-refractivity contribution in [3.8, 4) is 28.3 Å². The van der Waals surface area contributed by atoms with E-state index in [9.17, 15) is 9.59 Å². The van der Waals surface area contributed by atoms with Gasteiger partial charge in [-0.2, -0.15) is 0 Å². The van der Waals surface area contributed by atoms with Gasteiger partial charge in [0.15, 0.2) is 16.6 Å². The fraction of sp³-hybridized carbons (Fsp3) is 0.130. The fourth-order valence-electron chi connectivity index (χ4n) is 2.89. The van der Waals surface area contributed by atoms with E-state index < -0.39 is 11.8 Å². The highest BCUT2D eigenvalue weighted by molar-refractivity contribution is 7.14. The normalized spacial score (nSPS) is 10.5. The Kier molecular flexibility index (Phi) is 6.57. The summed E-state index contributed by atoms with van der Waals surface area (Å²) in [6, 6.07) is 18.4. The number of ether oxygens (including phenoxy) is 1. The van der Waals surface area contributed by atoms with Crippen molar-refractivity contribution in [2.45, 2.75) is 6.92 Å². The van der Waals surface area contributed by atoms with Gasteiger partial charge in [0.1, 0.15) is 5.75 Å². The zero-order chi connectivity index (χ0) is 22.3. The SMILES string of the molecule is CCOc1ccc(-c2csc(NC(=O)CNC(=O)c3cc(-c4ccccc4)on3)n2)cc1. The molecule has 9 heteroatoms. The molecule has 0 radical (unpaired) electrons. The average Bonchev–Trinajstić information content (AvgIpc) is 3.49. The van der Waals surface area contributed by atoms with E-state index in [1.807, 2.05) is 66.9 Å². The molecule has 0 fully saturated rings. The van der Waals surface area contributed by atoms with Crippen LogP contribution in [0.4, 0.5) is 5.13 Å². The van der Waals surface area contributed by atoms with Crippen molar-refractivity contribution in [2.75, 3.05) is 18.5 Å². The van der Waals surface area contributed by atoms with Crippen LogP contribution < -0.4 is 15.4 Å². The van der Waals surface area contributed by atoms with Gasteiger partial charge in [0.25, 0.3) is 5.91 Å². The Morgan fingerprint density at radius 2 is 1.84 bits per heavy atom. The number of carbonyl (C=O) groups excluding carboxylic acids is 2.